The third-order valence-corrected chi connectivity index (χ3v) is 8.39. The number of anilines is 1. The number of aliphatic hydroxyl groups is 1. The average molecular weight is 796 g/mol. The number of rotatable bonds is 9. The number of nitrogens with one attached hydrogen (secondary N) is 2. The van der Waals surface area contributed by atoms with Gasteiger partial charge in [0.2, 0.25) is 0 Å². The first-order valence-electron chi connectivity index (χ1n) is 16.3. The topological polar surface area (TPSA) is 89.8 Å². The van der Waals surface area contributed by atoms with E-state index in [2.05, 4.69) is 44.9 Å². The monoisotopic (exact) mass is 796 g/mol. The summed E-state index contributed by atoms with van der Waals surface area (Å²) in [4.78, 5) is 23.9. The summed E-state index contributed by atoms with van der Waals surface area (Å²) in [7, 11) is 0. The summed E-state index contributed by atoms with van der Waals surface area (Å²) >= 11 is 0. The van der Waals surface area contributed by atoms with Gasteiger partial charge in [-0.3, -0.25) is 14.8 Å². The van der Waals surface area contributed by atoms with Crippen molar-refractivity contribution in [2.45, 2.75) is 110 Å². The van der Waals surface area contributed by atoms with Gasteiger partial charge in [-0.25, -0.2) is 4.39 Å². The number of nitrogens with zero attached hydrogens (tertiary/aromatic N) is 3. The van der Waals surface area contributed by atoms with E-state index in [1.165, 1.54) is 51.9 Å². The van der Waals surface area contributed by atoms with Crippen LogP contribution < -0.4 is 15.5 Å². The van der Waals surface area contributed by atoms with Crippen molar-refractivity contribution < 1.29 is 34.7 Å². The summed E-state index contributed by atoms with van der Waals surface area (Å²) in [5.41, 5.74) is 4.92. The molecule has 1 unspecified atom stereocenters. The standard InChI is InChI=1S/C23H35N5O.C9H13FO.C4H8.Re/c1-5-25-22(29)20-16-26-18(3)19(9-8-17(2)24-4)21(20)28-14-6-10-23(11-12-23)27-13-7-15-28;1-4-7(2)5-6-9(11)8(3)10;1-2-4-3-1;/h8-9,16-17,27H,4-7,10-15H2,1-3H3,(H,25,29);4-5,11H,1,6H2,2-3H3;1-4H2;/b;7-5-,9-8-;;. The number of aromatic nitrogens is 1. The van der Waals surface area contributed by atoms with Gasteiger partial charge in [0.05, 0.1) is 17.3 Å². The van der Waals surface area contributed by atoms with Crippen molar-refractivity contribution in [1.29, 1.82) is 0 Å². The minimum Gasteiger partial charge on any atom is -0.509 e. The first kappa shape index (κ1) is 40.4. The Bertz CT molecular complexity index is 1180. The van der Waals surface area contributed by atoms with Gasteiger partial charge < -0.3 is 20.6 Å². The van der Waals surface area contributed by atoms with Crippen LogP contribution in [0.15, 0.2) is 53.2 Å². The summed E-state index contributed by atoms with van der Waals surface area (Å²) in [6, 6.07) is 0.0184. The van der Waals surface area contributed by atoms with E-state index in [1.54, 1.807) is 18.3 Å². The molecule has 7 nitrogen and oxygen atoms in total. The molecule has 1 amide bonds. The van der Waals surface area contributed by atoms with E-state index in [9.17, 15) is 9.18 Å². The molecule has 3 N–H and O–H groups in total. The predicted octanol–water partition coefficient (Wildman–Crippen LogP) is 8.18. The second-order valence-electron chi connectivity index (χ2n) is 12.1. The number of hydrogen-bond donors (Lipinski definition) is 3. The molecule has 1 atom stereocenters. The molecule has 3 aliphatic rings. The molecule has 4 rings (SSSR count). The van der Waals surface area contributed by atoms with E-state index in [-0.39, 0.29) is 44.6 Å². The number of hydrogen-bond acceptors (Lipinski definition) is 6. The maximum atomic E-state index is 12.9. The van der Waals surface area contributed by atoms with Crippen LogP contribution in [0.3, 0.4) is 0 Å². The third-order valence-electron chi connectivity index (χ3n) is 8.39. The SMILES string of the molecule is C1CCC1.C=C/C(C)=C\C/C(O)=C(\C)F.C=NC(C)C=Cc1c(C)ncc(C(=O)NCC)c1N1CCCNC2(CCC1)CC2.[Re]. The van der Waals surface area contributed by atoms with Crippen molar-refractivity contribution in [2.24, 2.45) is 4.99 Å². The average Bonchev–Trinajstić information content (AvgIpc) is 3.72. The molecule has 9 heteroatoms. The Morgan fingerprint density at radius 1 is 1.20 bits per heavy atom. The second kappa shape index (κ2) is 21.2. The fraction of sp³-hybridized carbons (Fsp3) is 0.583. The van der Waals surface area contributed by atoms with E-state index < -0.39 is 5.83 Å². The minimum absolute atomic E-state index is 0. The summed E-state index contributed by atoms with van der Waals surface area (Å²) in [6.07, 6.45) is 21.4. The quantitative estimate of drug-likeness (QED) is 0.133. The van der Waals surface area contributed by atoms with Crippen LogP contribution >= 0.6 is 0 Å². The number of amides is 1. The van der Waals surface area contributed by atoms with Crippen molar-refractivity contribution >= 4 is 24.4 Å². The van der Waals surface area contributed by atoms with E-state index in [4.69, 9.17) is 5.11 Å². The number of pyridine rings is 1. The molecule has 251 valence electrons. The number of aliphatic hydroxyl groups excluding tert-OH is 1. The van der Waals surface area contributed by atoms with Crippen LogP contribution in [-0.2, 0) is 20.4 Å². The number of carbonyl (C=O) groups is 1. The first-order valence-corrected chi connectivity index (χ1v) is 16.3. The minimum atomic E-state index is -0.530. The van der Waals surface area contributed by atoms with E-state index in [0.717, 1.165) is 55.0 Å². The predicted molar refractivity (Wildman–Crippen MR) is 185 cm³/mol. The molecule has 3 fully saturated rings. The Morgan fingerprint density at radius 3 is 2.38 bits per heavy atom. The Balaban J connectivity index is 0.000000524. The summed E-state index contributed by atoms with van der Waals surface area (Å²) in [6.45, 7) is 19.7. The van der Waals surface area contributed by atoms with Gasteiger partial charge in [0.25, 0.3) is 5.91 Å². The van der Waals surface area contributed by atoms with Crippen LogP contribution in [0.2, 0.25) is 0 Å². The van der Waals surface area contributed by atoms with Gasteiger partial charge >= 0.3 is 0 Å². The summed E-state index contributed by atoms with van der Waals surface area (Å²) in [5.74, 6) is -0.805. The number of aryl methyl sites for hydroxylation is 1. The van der Waals surface area contributed by atoms with Gasteiger partial charge in [-0.1, -0.05) is 62.1 Å². The molecule has 1 spiro atoms. The molecule has 45 heavy (non-hydrogen) atoms. The molecule has 1 aliphatic heterocycles. The summed E-state index contributed by atoms with van der Waals surface area (Å²) in [5, 5.41) is 15.6. The fourth-order valence-corrected chi connectivity index (χ4v) is 4.83. The Kier molecular flexibility index (Phi) is 19.1. The molecule has 1 saturated heterocycles. The van der Waals surface area contributed by atoms with Gasteiger partial charge in [0.15, 0.2) is 0 Å². The van der Waals surface area contributed by atoms with E-state index >= 15 is 0 Å². The maximum absolute atomic E-state index is 12.9. The molecule has 1 aromatic heterocycles. The molecule has 2 aliphatic carbocycles. The Hall–Kier alpha value is -2.60. The molecule has 2 heterocycles. The molecule has 2 saturated carbocycles. The number of aliphatic imine (C=N–C) groups is 1. The molecule has 0 bridgehead atoms. The van der Waals surface area contributed by atoms with E-state index in [0.29, 0.717) is 17.6 Å². The number of carbonyl (C=O) groups excluding carboxylic acids is 1. The van der Waals surface area contributed by atoms with Gasteiger partial charge in [0, 0.05) is 69.5 Å². The largest absolute Gasteiger partial charge is 0.509 e. The maximum Gasteiger partial charge on any atom is 0.254 e. The zero-order valence-corrected chi connectivity index (χ0v) is 30.9. The zero-order valence-electron chi connectivity index (χ0n) is 28.2. The van der Waals surface area contributed by atoms with Gasteiger partial charge in [0.1, 0.15) is 11.6 Å². The van der Waals surface area contributed by atoms with Crippen LogP contribution in [0.1, 0.15) is 114 Å². The van der Waals surface area contributed by atoms with Crippen molar-refractivity contribution in [3.05, 3.63) is 65.0 Å². The second-order valence-corrected chi connectivity index (χ2v) is 12.1. The normalized spacial score (nSPS) is 18.5. The Labute approximate surface area is 285 Å². The fourth-order valence-electron chi connectivity index (χ4n) is 4.83. The van der Waals surface area contributed by atoms with Gasteiger partial charge in [-0.2, -0.15) is 0 Å². The van der Waals surface area contributed by atoms with Crippen LogP contribution in [-0.4, -0.2) is 60.5 Å². The third kappa shape index (κ3) is 14.1. The van der Waals surface area contributed by atoms with Gasteiger partial charge in [-0.15, -0.1) is 0 Å². The number of allylic oxidation sites excluding steroid dienone is 4. The molecule has 0 aromatic carbocycles. The van der Waals surface area contributed by atoms with Crippen molar-refractivity contribution in [2.75, 3.05) is 31.1 Å². The zero-order chi connectivity index (χ0) is 32.5. The number of halogens is 1. The Morgan fingerprint density at radius 2 is 1.84 bits per heavy atom. The molecule has 1 aromatic rings. The molecular formula is C36H56FN5O2Re. The van der Waals surface area contributed by atoms with Crippen LogP contribution in [0, 0.1) is 6.92 Å². The van der Waals surface area contributed by atoms with Gasteiger partial charge in [-0.05, 0) is 80.0 Å². The van der Waals surface area contributed by atoms with Crippen LogP contribution in [0.25, 0.3) is 6.08 Å². The molecule has 1 radical (unpaired) electrons. The van der Waals surface area contributed by atoms with Crippen LogP contribution in [0.4, 0.5) is 10.1 Å². The van der Waals surface area contributed by atoms with E-state index in [1.807, 2.05) is 33.8 Å². The molecular weight excluding hydrogens is 740 g/mol. The first-order chi connectivity index (χ1) is 21.1. The van der Waals surface area contributed by atoms with Crippen molar-refractivity contribution in [3.63, 3.8) is 0 Å². The smallest absolute Gasteiger partial charge is 0.254 e. The van der Waals surface area contributed by atoms with Crippen LogP contribution in [0.5, 0.6) is 0 Å². The van der Waals surface area contributed by atoms with Crippen molar-refractivity contribution in [1.82, 2.24) is 15.6 Å². The summed E-state index contributed by atoms with van der Waals surface area (Å²) < 4.78 is 12.2. The van der Waals surface area contributed by atoms with Crippen molar-refractivity contribution in [3.8, 4) is 0 Å².